The summed E-state index contributed by atoms with van der Waals surface area (Å²) < 4.78 is 66.8. The first kappa shape index (κ1) is 17.2. The molecule has 0 aliphatic carbocycles. The van der Waals surface area contributed by atoms with Crippen molar-refractivity contribution in [2.24, 2.45) is 0 Å². The summed E-state index contributed by atoms with van der Waals surface area (Å²) in [5, 5.41) is -0.0312. The molecular weight excluding hydrogens is 349 g/mol. The SMILES string of the molecule is Nc1c(-c2ccc(Cl)cc2OCC(F)(F)C(F)(F)F)c(=O)c1=O. The molecule has 2 rings (SSSR count). The van der Waals surface area contributed by atoms with Gasteiger partial charge in [0.1, 0.15) is 5.75 Å². The number of anilines is 1. The average molecular weight is 356 g/mol. The second-order valence-corrected chi connectivity index (χ2v) is 5.01. The molecule has 0 radical (unpaired) electrons. The van der Waals surface area contributed by atoms with Gasteiger partial charge in [0.25, 0.3) is 0 Å². The van der Waals surface area contributed by atoms with E-state index in [1.807, 2.05) is 0 Å². The fourth-order valence-electron chi connectivity index (χ4n) is 1.75. The highest BCUT2D eigenvalue weighted by Crippen LogP contribution is 2.38. The van der Waals surface area contributed by atoms with Gasteiger partial charge in [0, 0.05) is 10.6 Å². The first-order chi connectivity index (χ1) is 10.5. The summed E-state index contributed by atoms with van der Waals surface area (Å²) in [5.41, 5.74) is 2.46. The first-order valence-corrected chi connectivity index (χ1v) is 6.29. The van der Waals surface area contributed by atoms with Crippen molar-refractivity contribution in [1.29, 1.82) is 0 Å². The van der Waals surface area contributed by atoms with E-state index in [0.717, 1.165) is 12.1 Å². The third-order valence-electron chi connectivity index (χ3n) is 2.98. The summed E-state index contributed by atoms with van der Waals surface area (Å²) in [4.78, 5) is 22.6. The Bertz CT molecular complexity index is 824. The van der Waals surface area contributed by atoms with Crippen LogP contribution < -0.4 is 21.3 Å². The maximum Gasteiger partial charge on any atom is 0.456 e. The minimum atomic E-state index is -5.80. The molecule has 0 saturated carbocycles. The largest absolute Gasteiger partial charge is 0.486 e. The van der Waals surface area contributed by atoms with Gasteiger partial charge in [-0.2, -0.15) is 22.0 Å². The second kappa shape index (κ2) is 5.48. The van der Waals surface area contributed by atoms with Gasteiger partial charge in [0.05, 0.1) is 11.3 Å². The lowest BCUT2D eigenvalue weighted by atomic mass is 9.98. The van der Waals surface area contributed by atoms with Crippen molar-refractivity contribution in [3.63, 3.8) is 0 Å². The van der Waals surface area contributed by atoms with Crippen LogP contribution in [0.3, 0.4) is 0 Å². The molecule has 0 fully saturated rings. The van der Waals surface area contributed by atoms with Crippen LogP contribution in [0.25, 0.3) is 11.1 Å². The van der Waals surface area contributed by atoms with E-state index < -0.39 is 41.0 Å². The van der Waals surface area contributed by atoms with Gasteiger partial charge in [-0.25, -0.2) is 0 Å². The highest BCUT2D eigenvalue weighted by Gasteiger charge is 2.58. The van der Waals surface area contributed by atoms with E-state index in [0.29, 0.717) is 0 Å². The Labute approximate surface area is 129 Å². The number of benzene rings is 1. The van der Waals surface area contributed by atoms with E-state index in [-0.39, 0.29) is 16.1 Å². The normalized spacial score (nSPS) is 12.6. The van der Waals surface area contributed by atoms with Crippen molar-refractivity contribution >= 4 is 17.3 Å². The van der Waals surface area contributed by atoms with Crippen molar-refractivity contribution in [2.45, 2.75) is 12.1 Å². The lowest BCUT2D eigenvalue weighted by Gasteiger charge is -2.21. The van der Waals surface area contributed by atoms with E-state index in [1.165, 1.54) is 6.07 Å². The predicted octanol–water partition coefficient (Wildman–Crippen LogP) is 2.76. The third kappa shape index (κ3) is 3.00. The van der Waals surface area contributed by atoms with Crippen molar-refractivity contribution in [3.8, 4) is 16.9 Å². The number of hydrogen-bond donors (Lipinski definition) is 1. The molecular formula is C13H7ClF5NO3. The Hall–Kier alpha value is -2.16. The zero-order valence-electron chi connectivity index (χ0n) is 11.0. The van der Waals surface area contributed by atoms with Crippen LogP contribution >= 0.6 is 11.6 Å². The number of rotatable bonds is 4. The van der Waals surface area contributed by atoms with Crippen LogP contribution in [0.1, 0.15) is 0 Å². The van der Waals surface area contributed by atoms with Crippen LogP contribution in [0, 0.1) is 0 Å². The first-order valence-electron chi connectivity index (χ1n) is 5.92. The van der Waals surface area contributed by atoms with Gasteiger partial charge in [-0.05, 0) is 18.2 Å². The Morgan fingerprint density at radius 3 is 2.22 bits per heavy atom. The molecule has 0 heterocycles. The summed E-state index contributed by atoms with van der Waals surface area (Å²) in [6.45, 7) is -2.01. The van der Waals surface area contributed by atoms with Crippen LogP contribution in [0.15, 0.2) is 27.8 Å². The molecule has 0 spiro atoms. The molecule has 0 unspecified atom stereocenters. The van der Waals surface area contributed by atoms with Crippen LogP contribution in [0.5, 0.6) is 5.75 Å². The maximum absolute atomic E-state index is 12.9. The second-order valence-electron chi connectivity index (χ2n) is 4.58. The molecule has 0 aromatic heterocycles. The molecule has 0 aliphatic rings. The van der Waals surface area contributed by atoms with Gasteiger partial charge in [-0.1, -0.05) is 11.6 Å². The van der Waals surface area contributed by atoms with Gasteiger partial charge >= 0.3 is 12.1 Å². The number of hydrogen-bond acceptors (Lipinski definition) is 4. The average Bonchev–Trinajstić information content (AvgIpc) is 2.45. The van der Waals surface area contributed by atoms with E-state index in [4.69, 9.17) is 17.3 Å². The van der Waals surface area contributed by atoms with Crippen LogP contribution in [-0.2, 0) is 0 Å². The monoisotopic (exact) mass is 355 g/mol. The number of halogens is 6. The molecule has 0 aliphatic heterocycles. The Balaban J connectivity index is 2.39. The van der Waals surface area contributed by atoms with E-state index in [9.17, 15) is 31.5 Å². The van der Waals surface area contributed by atoms with Crippen LogP contribution in [0.2, 0.25) is 5.02 Å². The van der Waals surface area contributed by atoms with Crippen molar-refractivity contribution in [3.05, 3.63) is 43.7 Å². The lowest BCUT2D eigenvalue weighted by Crippen LogP contribution is -2.42. The van der Waals surface area contributed by atoms with E-state index in [2.05, 4.69) is 4.74 Å². The summed E-state index contributed by atoms with van der Waals surface area (Å²) >= 11 is 5.64. The quantitative estimate of drug-likeness (QED) is 0.676. The summed E-state index contributed by atoms with van der Waals surface area (Å²) in [5.74, 6) is -5.62. The molecule has 4 nitrogen and oxygen atoms in total. The molecule has 2 aromatic carbocycles. The minimum Gasteiger partial charge on any atom is -0.486 e. The smallest absolute Gasteiger partial charge is 0.456 e. The molecule has 0 amide bonds. The highest BCUT2D eigenvalue weighted by molar-refractivity contribution is 6.30. The Kier molecular flexibility index (Phi) is 4.10. The summed E-state index contributed by atoms with van der Waals surface area (Å²) in [6.07, 6.45) is -5.80. The number of nitrogen functional groups attached to an aromatic ring is 1. The molecule has 10 heteroatoms. The molecule has 2 N–H and O–H groups in total. The fourth-order valence-corrected chi connectivity index (χ4v) is 1.91. The molecule has 124 valence electrons. The molecule has 23 heavy (non-hydrogen) atoms. The highest BCUT2D eigenvalue weighted by atomic mass is 35.5. The standard InChI is InChI=1S/C13H7ClF5NO3/c14-5-1-2-6(8-9(20)11(22)10(8)21)7(3-5)23-4-12(15,16)13(17,18)19/h1-3H,4,20H2. The van der Waals surface area contributed by atoms with Crippen LogP contribution in [0.4, 0.5) is 27.6 Å². The fraction of sp³-hybridized carbons (Fsp3) is 0.231. The number of nitrogens with two attached hydrogens (primary N) is 1. The Morgan fingerprint density at radius 1 is 1.09 bits per heavy atom. The molecule has 0 saturated heterocycles. The zero-order valence-corrected chi connectivity index (χ0v) is 11.8. The zero-order chi connectivity index (χ0) is 17.6. The van der Waals surface area contributed by atoms with Crippen molar-refractivity contribution in [2.75, 3.05) is 12.3 Å². The summed E-state index contributed by atoms with van der Waals surface area (Å²) in [6, 6.07) is 3.32. The third-order valence-corrected chi connectivity index (χ3v) is 3.22. The lowest BCUT2D eigenvalue weighted by molar-refractivity contribution is -0.289. The van der Waals surface area contributed by atoms with Gasteiger partial charge in [-0.3, -0.25) is 9.59 Å². The summed E-state index contributed by atoms with van der Waals surface area (Å²) in [7, 11) is 0. The number of alkyl halides is 5. The van der Waals surface area contributed by atoms with Gasteiger partial charge in [0.15, 0.2) is 6.61 Å². The topological polar surface area (TPSA) is 69.4 Å². The molecule has 2 aromatic rings. The van der Waals surface area contributed by atoms with E-state index >= 15 is 0 Å². The minimum absolute atomic E-state index is 0.0312. The van der Waals surface area contributed by atoms with Crippen molar-refractivity contribution < 1.29 is 26.7 Å². The van der Waals surface area contributed by atoms with Gasteiger partial charge < -0.3 is 10.5 Å². The molecule has 0 atom stereocenters. The maximum atomic E-state index is 12.9. The van der Waals surface area contributed by atoms with E-state index in [1.54, 1.807) is 0 Å². The molecule has 0 bridgehead atoms. The van der Waals surface area contributed by atoms with Gasteiger partial charge in [0.2, 0.25) is 10.9 Å². The van der Waals surface area contributed by atoms with Crippen molar-refractivity contribution in [1.82, 2.24) is 0 Å². The predicted molar refractivity (Wildman–Crippen MR) is 72.7 cm³/mol. The van der Waals surface area contributed by atoms with Gasteiger partial charge in [-0.15, -0.1) is 0 Å². The van der Waals surface area contributed by atoms with Crippen LogP contribution in [-0.4, -0.2) is 18.7 Å². The number of ether oxygens (including phenoxy) is 1. The Morgan fingerprint density at radius 2 is 1.70 bits per heavy atom.